The van der Waals surface area contributed by atoms with E-state index in [1.165, 1.54) is 39.5 Å². The van der Waals surface area contributed by atoms with E-state index in [4.69, 9.17) is 14.2 Å². The zero-order chi connectivity index (χ0) is 20.0. The molecule has 0 saturated carbocycles. The minimum absolute atomic E-state index is 0.0420. The number of nitrogens with zero attached hydrogens (tertiary/aromatic N) is 1. The van der Waals surface area contributed by atoms with E-state index < -0.39 is 20.7 Å². The molecule has 1 N–H and O–H groups in total. The fourth-order valence-electron chi connectivity index (χ4n) is 2.50. The van der Waals surface area contributed by atoms with Crippen LogP contribution in [0.25, 0.3) is 0 Å². The molecule has 0 aliphatic rings. The van der Waals surface area contributed by atoms with Gasteiger partial charge in [-0.25, -0.2) is 13.1 Å². The Bertz CT molecular complexity index is 904. The van der Waals surface area contributed by atoms with Crippen molar-refractivity contribution in [3.63, 3.8) is 0 Å². The van der Waals surface area contributed by atoms with Crippen LogP contribution in [0.1, 0.15) is 11.1 Å². The van der Waals surface area contributed by atoms with Gasteiger partial charge in [0.15, 0.2) is 11.5 Å². The molecule has 10 heteroatoms. The van der Waals surface area contributed by atoms with Gasteiger partial charge in [0.1, 0.15) is 0 Å². The monoisotopic (exact) mass is 396 g/mol. The molecule has 0 saturated heterocycles. The summed E-state index contributed by atoms with van der Waals surface area (Å²) in [5.74, 6) is 0.676. The number of para-hydroxylation sites is 1. The maximum atomic E-state index is 12.4. The quantitative estimate of drug-likeness (QED) is 0.510. The number of benzene rings is 2. The van der Waals surface area contributed by atoms with Crippen LogP contribution in [0.2, 0.25) is 0 Å². The third-order valence-corrected chi connectivity index (χ3v) is 5.03. The summed E-state index contributed by atoms with van der Waals surface area (Å²) in [4.78, 5) is 10.4. The summed E-state index contributed by atoms with van der Waals surface area (Å²) in [6.07, 6.45) is 0. The Morgan fingerprint density at radius 1 is 1.04 bits per heavy atom. The topological polar surface area (TPSA) is 117 Å². The Balaban J connectivity index is 2.19. The summed E-state index contributed by atoms with van der Waals surface area (Å²) in [5.41, 5.74) is 0.450. The molecular weight excluding hydrogens is 376 g/mol. The maximum absolute atomic E-state index is 12.4. The number of hydrogen-bond donors (Lipinski definition) is 1. The van der Waals surface area contributed by atoms with Gasteiger partial charge < -0.3 is 14.2 Å². The Labute approximate surface area is 157 Å². The van der Waals surface area contributed by atoms with E-state index >= 15 is 0 Å². The highest BCUT2D eigenvalue weighted by Gasteiger charge is 2.20. The molecule has 0 fully saturated rings. The van der Waals surface area contributed by atoms with Gasteiger partial charge in [-0.2, -0.15) is 0 Å². The highest BCUT2D eigenvalue weighted by molar-refractivity contribution is 7.88. The second kappa shape index (κ2) is 8.69. The minimum Gasteiger partial charge on any atom is -0.493 e. The number of ether oxygens (including phenoxy) is 3. The van der Waals surface area contributed by atoms with Crippen LogP contribution in [0.4, 0.5) is 5.69 Å². The molecule has 0 atom stereocenters. The fraction of sp³-hybridized carbons (Fsp3) is 0.294. The Hall–Kier alpha value is -2.85. The van der Waals surface area contributed by atoms with Crippen LogP contribution >= 0.6 is 0 Å². The highest BCUT2D eigenvalue weighted by Crippen LogP contribution is 2.38. The van der Waals surface area contributed by atoms with E-state index in [0.29, 0.717) is 22.8 Å². The number of hydrogen-bond acceptors (Lipinski definition) is 7. The highest BCUT2D eigenvalue weighted by atomic mass is 32.2. The second-order valence-electron chi connectivity index (χ2n) is 5.50. The van der Waals surface area contributed by atoms with E-state index in [-0.39, 0.29) is 17.8 Å². The van der Waals surface area contributed by atoms with Crippen molar-refractivity contribution in [1.29, 1.82) is 0 Å². The molecule has 2 aromatic carbocycles. The maximum Gasteiger partial charge on any atom is 0.273 e. The molecule has 146 valence electrons. The number of nitro benzene ring substituents is 1. The average molecular weight is 396 g/mol. The lowest BCUT2D eigenvalue weighted by molar-refractivity contribution is -0.385. The Morgan fingerprint density at radius 3 is 2.15 bits per heavy atom. The first-order chi connectivity index (χ1) is 12.8. The second-order valence-corrected chi connectivity index (χ2v) is 7.31. The van der Waals surface area contributed by atoms with E-state index in [2.05, 4.69) is 4.72 Å². The Kier molecular flexibility index (Phi) is 6.59. The summed E-state index contributed by atoms with van der Waals surface area (Å²) in [7, 11) is 0.573. The number of nitro groups is 1. The van der Waals surface area contributed by atoms with Crippen LogP contribution in [-0.2, 0) is 22.3 Å². The number of rotatable bonds is 9. The lowest BCUT2D eigenvalue weighted by Crippen LogP contribution is -2.25. The van der Waals surface area contributed by atoms with Crippen molar-refractivity contribution in [2.75, 3.05) is 21.3 Å². The first-order valence-corrected chi connectivity index (χ1v) is 9.45. The van der Waals surface area contributed by atoms with Crippen LogP contribution in [0.5, 0.6) is 17.2 Å². The number of methoxy groups -OCH3 is 3. The average Bonchev–Trinajstić information content (AvgIpc) is 2.65. The molecule has 0 aliphatic carbocycles. The molecule has 0 unspecified atom stereocenters. The molecule has 0 aromatic heterocycles. The summed E-state index contributed by atoms with van der Waals surface area (Å²) < 4.78 is 42.8. The predicted octanol–water partition coefficient (Wildman–Crippen LogP) is 2.24. The van der Waals surface area contributed by atoms with Crippen LogP contribution in [0, 0.1) is 10.1 Å². The molecule has 2 aromatic rings. The van der Waals surface area contributed by atoms with Crippen molar-refractivity contribution in [3.8, 4) is 17.2 Å². The SMILES string of the molecule is COc1cc(CNS(=O)(=O)Cc2ccccc2[N+](=O)[O-])cc(OC)c1OC. The third-order valence-electron chi connectivity index (χ3n) is 3.75. The van der Waals surface area contributed by atoms with Crippen molar-refractivity contribution in [2.45, 2.75) is 12.3 Å². The fourth-order valence-corrected chi connectivity index (χ4v) is 3.64. The van der Waals surface area contributed by atoms with Crippen molar-refractivity contribution in [1.82, 2.24) is 4.72 Å². The van der Waals surface area contributed by atoms with Crippen molar-refractivity contribution >= 4 is 15.7 Å². The lowest BCUT2D eigenvalue weighted by Gasteiger charge is -2.14. The third kappa shape index (κ3) is 5.08. The van der Waals surface area contributed by atoms with Crippen molar-refractivity contribution < 1.29 is 27.6 Å². The van der Waals surface area contributed by atoms with Gasteiger partial charge in [0.25, 0.3) is 5.69 Å². The van der Waals surface area contributed by atoms with Crippen LogP contribution in [0.15, 0.2) is 36.4 Å². The molecule has 0 bridgehead atoms. The van der Waals surface area contributed by atoms with Crippen LogP contribution in [0.3, 0.4) is 0 Å². The lowest BCUT2D eigenvalue weighted by atomic mass is 10.2. The summed E-state index contributed by atoms with van der Waals surface area (Å²) in [6.45, 7) is -0.0420. The molecule has 2 rings (SSSR count). The van der Waals surface area contributed by atoms with Gasteiger partial charge in [-0.1, -0.05) is 18.2 Å². The van der Waals surface area contributed by atoms with Gasteiger partial charge >= 0.3 is 0 Å². The van der Waals surface area contributed by atoms with Gasteiger partial charge in [0.05, 0.1) is 32.0 Å². The zero-order valence-electron chi connectivity index (χ0n) is 15.1. The molecule has 9 nitrogen and oxygen atoms in total. The molecule has 0 aliphatic heterocycles. The first-order valence-electron chi connectivity index (χ1n) is 7.79. The molecular formula is C17H20N2O7S. The Morgan fingerprint density at radius 2 is 1.63 bits per heavy atom. The first kappa shape index (κ1) is 20.5. The predicted molar refractivity (Wildman–Crippen MR) is 98.7 cm³/mol. The summed E-state index contributed by atoms with van der Waals surface area (Å²) in [6, 6.07) is 8.96. The summed E-state index contributed by atoms with van der Waals surface area (Å²) in [5, 5.41) is 11.0. The molecule has 0 amide bonds. The van der Waals surface area contributed by atoms with Gasteiger partial charge in [0.2, 0.25) is 15.8 Å². The van der Waals surface area contributed by atoms with Crippen LogP contribution in [-0.4, -0.2) is 34.7 Å². The minimum atomic E-state index is -3.81. The zero-order valence-corrected chi connectivity index (χ0v) is 15.9. The van der Waals surface area contributed by atoms with Gasteiger partial charge in [-0.15, -0.1) is 0 Å². The molecule has 0 radical (unpaired) electrons. The van der Waals surface area contributed by atoms with E-state index in [0.717, 1.165) is 0 Å². The number of nitrogens with one attached hydrogen (secondary N) is 1. The molecule has 0 spiro atoms. The van der Waals surface area contributed by atoms with Crippen molar-refractivity contribution in [2.24, 2.45) is 0 Å². The van der Waals surface area contributed by atoms with Crippen molar-refractivity contribution in [3.05, 3.63) is 57.6 Å². The molecule has 27 heavy (non-hydrogen) atoms. The summed E-state index contributed by atoms with van der Waals surface area (Å²) >= 11 is 0. The van der Waals surface area contributed by atoms with Crippen LogP contribution < -0.4 is 18.9 Å². The number of sulfonamides is 1. The van der Waals surface area contributed by atoms with E-state index in [1.54, 1.807) is 18.2 Å². The van der Waals surface area contributed by atoms with Gasteiger partial charge in [-0.05, 0) is 17.7 Å². The molecule has 0 heterocycles. The van der Waals surface area contributed by atoms with Gasteiger partial charge in [-0.3, -0.25) is 10.1 Å². The van der Waals surface area contributed by atoms with E-state index in [9.17, 15) is 18.5 Å². The van der Waals surface area contributed by atoms with E-state index in [1.807, 2.05) is 0 Å². The van der Waals surface area contributed by atoms with Gasteiger partial charge in [0, 0.05) is 18.2 Å². The normalized spacial score (nSPS) is 11.1. The standard InChI is InChI=1S/C17H20N2O7S/c1-24-15-8-12(9-16(25-2)17(15)26-3)10-18-27(22,23)11-13-6-4-5-7-14(13)19(20)21/h4-9,18H,10-11H2,1-3H3. The smallest absolute Gasteiger partial charge is 0.273 e. The largest absolute Gasteiger partial charge is 0.493 e.